The Balaban J connectivity index is 1.59. The van der Waals surface area contributed by atoms with Crippen LogP contribution in [0.4, 0.5) is 10.7 Å². The molecule has 1 aromatic carbocycles. The summed E-state index contributed by atoms with van der Waals surface area (Å²) in [6.07, 6.45) is 2.87. The summed E-state index contributed by atoms with van der Waals surface area (Å²) in [5, 5.41) is 6.82. The molecule has 2 aliphatic rings. The van der Waals surface area contributed by atoms with Crippen LogP contribution in [0.1, 0.15) is 53.6 Å². The smallest absolute Gasteiger partial charge is 0.258 e. The lowest BCUT2D eigenvalue weighted by atomic mass is 9.72. The van der Waals surface area contributed by atoms with Crippen molar-refractivity contribution in [2.24, 2.45) is 11.3 Å². The maximum atomic E-state index is 13.4. The second-order valence-corrected chi connectivity index (χ2v) is 11.4. The maximum absolute atomic E-state index is 13.4. The van der Waals surface area contributed by atoms with Crippen molar-refractivity contribution >= 4 is 33.8 Å². The quantitative estimate of drug-likeness (QED) is 0.664. The lowest BCUT2D eigenvalue weighted by Crippen LogP contribution is -2.41. The average molecular weight is 470 g/mol. The van der Waals surface area contributed by atoms with Crippen LogP contribution in [0.5, 0.6) is 0 Å². The monoisotopic (exact) mass is 469 g/mol. The lowest BCUT2D eigenvalue weighted by Gasteiger charge is -2.33. The minimum atomic E-state index is -0.144. The molecule has 0 saturated carbocycles. The van der Waals surface area contributed by atoms with Crippen molar-refractivity contribution in [2.75, 3.05) is 43.5 Å². The molecule has 1 aromatic heterocycles. The molecule has 1 atom stereocenters. The van der Waals surface area contributed by atoms with Crippen LogP contribution in [0, 0.1) is 18.3 Å². The summed E-state index contributed by atoms with van der Waals surface area (Å²) in [5.41, 5.74) is 3.82. The standard InChI is InChI=1S/C26H35N3O3S/c1-17-6-5-7-19(14-17)27-24(31)23-20-9-8-18(26(2,3)4)15-21(20)33-25(23)28-22(30)16-29-10-12-32-13-11-29/h5-7,14,18H,8-13,15-16H2,1-4H3,(H,27,31)(H,28,30)/t18-/m1/s1. The first-order valence-corrected chi connectivity index (χ1v) is 12.6. The average Bonchev–Trinajstić information content (AvgIpc) is 3.10. The highest BCUT2D eigenvalue weighted by atomic mass is 32.1. The van der Waals surface area contributed by atoms with Gasteiger partial charge >= 0.3 is 0 Å². The van der Waals surface area contributed by atoms with Gasteiger partial charge in [0.25, 0.3) is 5.91 Å². The number of carbonyl (C=O) groups excluding carboxylic acids is 2. The van der Waals surface area contributed by atoms with Gasteiger partial charge in [-0.2, -0.15) is 0 Å². The van der Waals surface area contributed by atoms with E-state index in [1.165, 1.54) is 4.88 Å². The van der Waals surface area contributed by atoms with Gasteiger partial charge in [-0.25, -0.2) is 0 Å². The van der Waals surface area contributed by atoms with Gasteiger partial charge in [0.2, 0.25) is 5.91 Å². The van der Waals surface area contributed by atoms with E-state index in [0.29, 0.717) is 36.2 Å². The van der Waals surface area contributed by atoms with Crippen LogP contribution in [-0.2, 0) is 22.4 Å². The molecule has 1 aliphatic carbocycles. The molecular weight excluding hydrogens is 434 g/mol. The third kappa shape index (κ3) is 5.83. The number of anilines is 2. The molecule has 6 nitrogen and oxygen atoms in total. The van der Waals surface area contributed by atoms with E-state index >= 15 is 0 Å². The summed E-state index contributed by atoms with van der Waals surface area (Å²) in [7, 11) is 0. The maximum Gasteiger partial charge on any atom is 0.258 e. The number of amides is 2. The molecular formula is C26H35N3O3S. The fourth-order valence-electron chi connectivity index (χ4n) is 4.70. The van der Waals surface area contributed by atoms with Crippen LogP contribution in [0.25, 0.3) is 0 Å². The minimum Gasteiger partial charge on any atom is -0.379 e. The highest BCUT2D eigenvalue weighted by Gasteiger charge is 2.34. The van der Waals surface area contributed by atoms with Crippen LogP contribution < -0.4 is 10.6 Å². The van der Waals surface area contributed by atoms with Crippen LogP contribution >= 0.6 is 11.3 Å². The Morgan fingerprint density at radius 3 is 2.64 bits per heavy atom. The number of rotatable bonds is 5. The zero-order valence-electron chi connectivity index (χ0n) is 20.1. The predicted octanol–water partition coefficient (Wildman–Crippen LogP) is 4.73. The fourth-order valence-corrected chi connectivity index (χ4v) is 6.04. The van der Waals surface area contributed by atoms with Gasteiger partial charge in [-0.15, -0.1) is 11.3 Å². The Bertz CT molecular complexity index is 1020. The largest absolute Gasteiger partial charge is 0.379 e. The second kappa shape index (κ2) is 9.95. The number of carbonyl (C=O) groups is 2. The van der Waals surface area contributed by atoms with Crippen LogP contribution in [0.15, 0.2) is 24.3 Å². The molecule has 0 radical (unpaired) electrons. The number of thiophene rings is 1. The van der Waals surface area contributed by atoms with Gasteiger partial charge in [0.05, 0.1) is 25.3 Å². The number of aryl methyl sites for hydroxylation is 1. The molecule has 2 N–H and O–H groups in total. The van der Waals surface area contributed by atoms with Crippen LogP contribution in [0.2, 0.25) is 0 Å². The highest BCUT2D eigenvalue weighted by molar-refractivity contribution is 7.17. The van der Waals surface area contributed by atoms with E-state index in [1.807, 2.05) is 31.2 Å². The number of benzene rings is 1. The first kappa shape index (κ1) is 23.9. The number of hydrogen-bond acceptors (Lipinski definition) is 5. The van der Waals surface area contributed by atoms with Crippen LogP contribution in [-0.4, -0.2) is 49.6 Å². The van der Waals surface area contributed by atoms with Gasteiger partial charge in [-0.05, 0) is 60.8 Å². The Kier molecular flexibility index (Phi) is 7.22. The number of hydrogen-bond donors (Lipinski definition) is 2. The molecule has 0 bridgehead atoms. The van der Waals surface area contributed by atoms with Crippen molar-refractivity contribution in [3.05, 3.63) is 45.8 Å². The van der Waals surface area contributed by atoms with Gasteiger partial charge in [0, 0.05) is 23.7 Å². The van der Waals surface area contributed by atoms with Crippen molar-refractivity contribution in [2.45, 2.75) is 47.0 Å². The number of nitrogens with zero attached hydrogens (tertiary/aromatic N) is 1. The Morgan fingerprint density at radius 1 is 1.18 bits per heavy atom. The van der Waals surface area contributed by atoms with Gasteiger partial charge < -0.3 is 15.4 Å². The zero-order valence-corrected chi connectivity index (χ0v) is 20.9. The van der Waals surface area contributed by atoms with Crippen molar-refractivity contribution in [1.82, 2.24) is 4.90 Å². The fraction of sp³-hybridized carbons (Fsp3) is 0.538. The van der Waals surface area contributed by atoms with Gasteiger partial charge in [-0.3, -0.25) is 14.5 Å². The number of fused-ring (bicyclic) bond motifs is 1. The molecule has 2 amide bonds. The molecule has 4 rings (SSSR count). The first-order valence-electron chi connectivity index (χ1n) is 11.8. The lowest BCUT2D eigenvalue weighted by molar-refractivity contribution is -0.118. The molecule has 0 unspecified atom stereocenters. The number of nitrogens with one attached hydrogen (secondary N) is 2. The van der Waals surface area contributed by atoms with Crippen molar-refractivity contribution in [1.29, 1.82) is 0 Å². The summed E-state index contributed by atoms with van der Waals surface area (Å²) >= 11 is 1.58. The summed E-state index contributed by atoms with van der Waals surface area (Å²) in [6.45, 7) is 12.0. The topological polar surface area (TPSA) is 70.7 Å². The summed E-state index contributed by atoms with van der Waals surface area (Å²) in [5.74, 6) is 0.342. The van der Waals surface area contributed by atoms with Crippen LogP contribution in [0.3, 0.4) is 0 Å². The Labute approximate surface area is 200 Å². The number of morpholine rings is 1. The van der Waals surface area contributed by atoms with Crippen molar-refractivity contribution in [3.63, 3.8) is 0 Å². The summed E-state index contributed by atoms with van der Waals surface area (Å²) in [4.78, 5) is 29.6. The van der Waals surface area contributed by atoms with Gasteiger partial charge in [0.1, 0.15) is 5.00 Å². The minimum absolute atomic E-state index is 0.0764. The predicted molar refractivity (Wildman–Crippen MR) is 134 cm³/mol. The third-order valence-corrected chi connectivity index (χ3v) is 7.89. The zero-order chi connectivity index (χ0) is 23.6. The summed E-state index contributed by atoms with van der Waals surface area (Å²) < 4.78 is 5.38. The molecule has 1 fully saturated rings. The molecule has 178 valence electrons. The van der Waals surface area contributed by atoms with E-state index in [9.17, 15) is 9.59 Å². The van der Waals surface area contributed by atoms with E-state index in [-0.39, 0.29) is 17.2 Å². The molecule has 33 heavy (non-hydrogen) atoms. The van der Waals surface area contributed by atoms with Crippen molar-refractivity contribution in [3.8, 4) is 0 Å². The van der Waals surface area contributed by atoms with Gasteiger partial charge in [0.15, 0.2) is 0 Å². The molecule has 1 aliphatic heterocycles. The third-order valence-electron chi connectivity index (χ3n) is 6.72. The van der Waals surface area contributed by atoms with E-state index < -0.39 is 0 Å². The van der Waals surface area contributed by atoms with Crippen molar-refractivity contribution < 1.29 is 14.3 Å². The Morgan fingerprint density at radius 2 is 1.94 bits per heavy atom. The second-order valence-electron chi connectivity index (χ2n) is 10.3. The normalized spacial score (nSPS) is 19.1. The van der Waals surface area contributed by atoms with E-state index in [4.69, 9.17) is 4.74 Å². The first-order chi connectivity index (χ1) is 15.7. The molecule has 2 heterocycles. The molecule has 1 saturated heterocycles. The van der Waals surface area contributed by atoms with Gasteiger partial charge in [-0.1, -0.05) is 32.9 Å². The number of ether oxygens (including phenoxy) is 1. The molecule has 2 aromatic rings. The highest BCUT2D eigenvalue weighted by Crippen LogP contribution is 2.44. The van der Waals surface area contributed by atoms with E-state index in [0.717, 1.165) is 49.2 Å². The Hall–Kier alpha value is -2.22. The van der Waals surface area contributed by atoms with E-state index in [2.05, 4.69) is 36.3 Å². The van der Waals surface area contributed by atoms with E-state index in [1.54, 1.807) is 11.3 Å². The SMILES string of the molecule is Cc1cccc(NC(=O)c2c(NC(=O)CN3CCOCC3)sc3c2CC[C@@H](C(C)(C)C)C3)c1. The summed E-state index contributed by atoms with van der Waals surface area (Å²) in [6, 6.07) is 7.80. The molecule has 7 heteroatoms. The molecule has 0 spiro atoms.